The Balaban J connectivity index is 1.26. The van der Waals surface area contributed by atoms with Gasteiger partial charge in [-0.15, -0.1) is 11.8 Å². The number of carbonyl (C=O) groups excluding carboxylic acids is 2. The van der Waals surface area contributed by atoms with Gasteiger partial charge in [-0.1, -0.05) is 0 Å². The maximum atomic E-state index is 12.8. The lowest BCUT2D eigenvalue weighted by molar-refractivity contribution is -0.113. The number of ether oxygens (including phenoxy) is 2. The topological polar surface area (TPSA) is 123 Å². The van der Waals surface area contributed by atoms with Crippen LogP contribution in [0.1, 0.15) is 10.4 Å². The first-order chi connectivity index (χ1) is 16.4. The van der Waals surface area contributed by atoms with Gasteiger partial charge < -0.3 is 20.1 Å². The van der Waals surface area contributed by atoms with Crippen molar-refractivity contribution in [1.82, 2.24) is 0 Å². The fourth-order valence-corrected chi connectivity index (χ4v) is 5.32. The summed E-state index contributed by atoms with van der Waals surface area (Å²) in [5.74, 6) is 0.781. The maximum absolute atomic E-state index is 12.8. The van der Waals surface area contributed by atoms with Gasteiger partial charge in [0, 0.05) is 27.9 Å². The van der Waals surface area contributed by atoms with E-state index in [0.717, 1.165) is 4.90 Å². The van der Waals surface area contributed by atoms with E-state index in [0.29, 0.717) is 53.1 Å². The summed E-state index contributed by atoms with van der Waals surface area (Å²) in [4.78, 5) is 25.2. The van der Waals surface area contributed by atoms with Gasteiger partial charge in [-0.3, -0.25) is 14.3 Å². The standard InChI is InChI=1S/C23H19N3O6S2/c27-22-13-33-21-8-1-14(11-18(21)25-22)23(28)24-15-2-4-16(5-3-15)26-34(29,30)17-6-7-19-20(12-17)32-10-9-31-19/h1-8,11-12,26H,9-10,13H2,(H,24,28)(H,25,27). The summed E-state index contributed by atoms with van der Waals surface area (Å²) < 4.78 is 38.9. The molecule has 3 aromatic rings. The number of benzene rings is 3. The molecule has 34 heavy (non-hydrogen) atoms. The van der Waals surface area contributed by atoms with Crippen LogP contribution in [0.3, 0.4) is 0 Å². The third-order valence-electron chi connectivity index (χ3n) is 5.09. The van der Waals surface area contributed by atoms with E-state index in [2.05, 4.69) is 15.4 Å². The van der Waals surface area contributed by atoms with Gasteiger partial charge >= 0.3 is 0 Å². The van der Waals surface area contributed by atoms with Crippen molar-refractivity contribution in [3.63, 3.8) is 0 Å². The lowest BCUT2D eigenvalue weighted by Crippen LogP contribution is -2.20. The minimum absolute atomic E-state index is 0.0480. The number of rotatable bonds is 5. The predicted octanol–water partition coefficient (Wildman–Crippen LogP) is 3.56. The Bertz CT molecular complexity index is 1390. The number of anilines is 3. The predicted molar refractivity (Wildman–Crippen MR) is 128 cm³/mol. The highest BCUT2D eigenvalue weighted by molar-refractivity contribution is 8.00. The Morgan fingerprint density at radius 2 is 1.65 bits per heavy atom. The van der Waals surface area contributed by atoms with Crippen LogP contribution >= 0.6 is 11.8 Å². The van der Waals surface area contributed by atoms with Crippen molar-refractivity contribution in [2.24, 2.45) is 0 Å². The average Bonchev–Trinajstić information content (AvgIpc) is 2.84. The fourth-order valence-electron chi connectivity index (χ4n) is 3.45. The number of carbonyl (C=O) groups is 2. The van der Waals surface area contributed by atoms with Crippen LogP contribution in [-0.2, 0) is 14.8 Å². The molecule has 0 radical (unpaired) electrons. The summed E-state index contributed by atoms with van der Waals surface area (Å²) in [6, 6.07) is 15.8. The molecule has 0 saturated heterocycles. The zero-order chi connectivity index (χ0) is 23.7. The second kappa shape index (κ2) is 8.92. The van der Waals surface area contributed by atoms with E-state index >= 15 is 0 Å². The van der Waals surface area contributed by atoms with Crippen molar-refractivity contribution >= 4 is 50.7 Å². The number of hydrogen-bond donors (Lipinski definition) is 3. The number of thioether (sulfide) groups is 1. The van der Waals surface area contributed by atoms with Crippen LogP contribution in [0.5, 0.6) is 11.5 Å². The number of fused-ring (bicyclic) bond motifs is 2. The van der Waals surface area contributed by atoms with Crippen LogP contribution in [0.4, 0.5) is 17.1 Å². The van der Waals surface area contributed by atoms with E-state index in [4.69, 9.17) is 9.47 Å². The van der Waals surface area contributed by atoms with Gasteiger partial charge in [0.05, 0.1) is 16.3 Å². The van der Waals surface area contributed by atoms with Gasteiger partial charge in [0.2, 0.25) is 5.91 Å². The molecule has 0 fully saturated rings. The van der Waals surface area contributed by atoms with Gasteiger partial charge in [-0.25, -0.2) is 8.42 Å². The second-order valence-corrected chi connectivity index (χ2v) is 10.2. The Kier molecular flexibility index (Phi) is 5.80. The van der Waals surface area contributed by atoms with Crippen LogP contribution in [0.25, 0.3) is 0 Å². The zero-order valence-electron chi connectivity index (χ0n) is 17.7. The molecule has 9 nitrogen and oxygen atoms in total. The third kappa shape index (κ3) is 4.66. The Labute approximate surface area is 199 Å². The second-order valence-electron chi connectivity index (χ2n) is 7.49. The minimum Gasteiger partial charge on any atom is -0.486 e. The van der Waals surface area contributed by atoms with Crippen molar-refractivity contribution in [2.75, 3.05) is 34.3 Å². The van der Waals surface area contributed by atoms with Gasteiger partial charge in [-0.2, -0.15) is 0 Å². The molecule has 3 aromatic carbocycles. The fraction of sp³-hybridized carbons (Fsp3) is 0.130. The lowest BCUT2D eigenvalue weighted by Gasteiger charge is -2.19. The van der Waals surface area contributed by atoms with E-state index in [1.54, 1.807) is 48.5 Å². The minimum atomic E-state index is -3.85. The quantitative estimate of drug-likeness (QED) is 0.493. The van der Waals surface area contributed by atoms with Crippen molar-refractivity contribution in [3.8, 4) is 11.5 Å². The van der Waals surface area contributed by atoms with Crippen molar-refractivity contribution in [3.05, 3.63) is 66.2 Å². The van der Waals surface area contributed by atoms with Crippen LogP contribution < -0.4 is 24.8 Å². The Hall–Kier alpha value is -3.70. The first-order valence-corrected chi connectivity index (χ1v) is 12.7. The van der Waals surface area contributed by atoms with E-state index < -0.39 is 10.0 Å². The monoisotopic (exact) mass is 497 g/mol. The smallest absolute Gasteiger partial charge is 0.262 e. The first kappa shape index (κ1) is 22.1. The summed E-state index contributed by atoms with van der Waals surface area (Å²) >= 11 is 1.42. The molecule has 0 atom stereocenters. The molecule has 3 N–H and O–H groups in total. The van der Waals surface area contributed by atoms with Gasteiger partial charge in [0.15, 0.2) is 11.5 Å². The molecule has 2 aliphatic rings. The van der Waals surface area contributed by atoms with E-state index in [1.807, 2.05) is 0 Å². The van der Waals surface area contributed by atoms with Gasteiger partial charge in [0.25, 0.3) is 15.9 Å². The number of amides is 2. The summed E-state index contributed by atoms with van der Waals surface area (Å²) in [5, 5.41) is 5.52. The summed E-state index contributed by atoms with van der Waals surface area (Å²) in [6.45, 7) is 0.776. The summed E-state index contributed by atoms with van der Waals surface area (Å²) in [5.41, 5.74) is 1.83. The molecule has 2 heterocycles. The van der Waals surface area contributed by atoms with Crippen molar-refractivity contribution in [1.29, 1.82) is 0 Å². The van der Waals surface area contributed by atoms with E-state index in [1.165, 1.54) is 23.9 Å². The van der Waals surface area contributed by atoms with E-state index in [-0.39, 0.29) is 16.7 Å². The molecule has 0 aliphatic carbocycles. The average molecular weight is 498 g/mol. The maximum Gasteiger partial charge on any atom is 0.262 e. The van der Waals surface area contributed by atoms with Gasteiger partial charge in [-0.05, 0) is 54.6 Å². The summed E-state index contributed by atoms with van der Waals surface area (Å²) in [6.07, 6.45) is 0. The zero-order valence-corrected chi connectivity index (χ0v) is 19.3. The molecule has 2 amide bonds. The molecule has 0 saturated carbocycles. The SMILES string of the molecule is O=C1CSc2ccc(C(=O)Nc3ccc(NS(=O)(=O)c4ccc5c(c4)OCCO5)cc3)cc2N1. The molecule has 0 unspecified atom stereocenters. The molecule has 0 bridgehead atoms. The Morgan fingerprint density at radius 3 is 2.44 bits per heavy atom. The molecule has 0 spiro atoms. The van der Waals surface area contributed by atoms with Crippen LogP contribution in [0.15, 0.2) is 70.5 Å². The Morgan fingerprint density at radius 1 is 0.912 bits per heavy atom. The van der Waals surface area contributed by atoms with Crippen molar-refractivity contribution < 1.29 is 27.5 Å². The molecular weight excluding hydrogens is 478 g/mol. The van der Waals surface area contributed by atoms with Gasteiger partial charge in [0.1, 0.15) is 13.2 Å². The lowest BCUT2D eigenvalue weighted by atomic mass is 10.1. The normalized spacial score (nSPS) is 14.5. The van der Waals surface area contributed by atoms with E-state index in [9.17, 15) is 18.0 Å². The first-order valence-electron chi connectivity index (χ1n) is 10.3. The highest BCUT2D eigenvalue weighted by atomic mass is 32.2. The number of nitrogens with one attached hydrogen (secondary N) is 3. The van der Waals surface area contributed by atoms with Crippen molar-refractivity contribution in [2.45, 2.75) is 9.79 Å². The molecule has 11 heteroatoms. The third-order valence-corrected chi connectivity index (χ3v) is 7.55. The van der Waals surface area contributed by atoms with Crippen LogP contribution in [0, 0.1) is 0 Å². The molecular formula is C23H19N3O6S2. The number of hydrogen-bond acceptors (Lipinski definition) is 7. The largest absolute Gasteiger partial charge is 0.486 e. The highest BCUT2D eigenvalue weighted by Crippen LogP contribution is 2.33. The highest BCUT2D eigenvalue weighted by Gasteiger charge is 2.20. The summed E-state index contributed by atoms with van der Waals surface area (Å²) in [7, 11) is -3.85. The van der Waals surface area contributed by atoms with Crippen LogP contribution in [0.2, 0.25) is 0 Å². The van der Waals surface area contributed by atoms with Crippen LogP contribution in [-0.4, -0.2) is 39.2 Å². The molecule has 5 rings (SSSR count). The molecule has 174 valence electrons. The number of sulfonamides is 1. The molecule has 0 aromatic heterocycles. The molecule has 2 aliphatic heterocycles.